The number of hydrogen-bond acceptors (Lipinski definition) is 7. The first-order chi connectivity index (χ1) is 23.8. The van der Waals surface area contributed by atoms with Crippen molar-refractivity contribution in [2.24, 2.45) is 17.3 Å². The van der Waals surface area contributed by atoms with Gasteiger partial charge in [-0.3, -0.25) is 0 Å². The lowest BCUT2D eigenvalue weighted by Gasteiger charge is -2.33. The lowest BCUT2D eigenvalue weighted by molar-refractivity contribution is 0.165. The topological polar surface area (TPSA) is 107 Å². The van der Waals surface area contributed by atoms with E-state index in [1.165, 1.54) is 37.7 Å². The van der Waals surface area contributed by atoms with Gasteiger partial charge in [-0.1, -0.05) is 97.1 Å². The van der Waals surface area contributed by atoms with Gasteiger partial charge in [-0.05, 0) is 84.7 Å². The van der Waals surface area contributed by atoms with Gasteiger partial charge in [0.15, 0.2) is 0 Å². The summed E-state index contributed by atoms with van der Waals surface area (Å²) in [6, 6.07) is 15.7. The van der Waals surface area contributed by atoms with Gasteiger partial charge in [0.2, 0.25) is 11.8 Å². The molecule has 2 atom stereocenters. The number of hydrogen-bond donors (Lipinski definition) is 1. The van der Waals surface area contributed by atoms with Crippen LogP contribution in [-0.4, -0.2) is 35.0 Å². The predicted molar refractivity (Wildman–Crippen MR) is 200 cm³/mol. The van der Waals surface area contributed by atoms with Crippen LogP contribution in [0.2, 0.25) is 0 Å². The zero-order valence-corrected chi connectivity index (χ0v) is 31.6. The first-order valence-electron chi connectivity index (χ1n) is 18.3. The summed E-state index contributed by atoms with van der Waals surface area (Å²) < 4.78 is 37.6. The number of benzene rings is 2. The summed E-state index contributed by atoms with van der Waals surface area (Å²) >= 11 is 0. The molecule has 0 spiro atoms. The van der Waals surface area contributed by atoms with Crippen molar-refractivity contribution in [3.05, 3.63) is 88.5 Å². The molecule has 1 aliphatic carbocycles. The Labute approximate surface area is 299 Å². The second-order valence-electron chi connectivity index (χ2n) is 16.0. The molecule has 266 valence electrons. The fourth-order valence-corrected chi connectivity index (χ4v) is 8.83. The quantitative estimate of drug-likeness (QED) is 0.205. The molecule has 3 heterocycles. The number of fused-ring (bicyclic) bond motifs is 4. The third kappa shape index (κ3) is 8.36. The Morgan fingerprint density at radius 1 is 0.940 bits per heavy atom. The summed E-state index contributed by atoms with van der Waals surface area (Å²) in [6.45, 7) is 15.5. The number of nitrogens with zero attached hydrogens (tertiary/aromatic N) is 4. The van der Waals surface area contributed by atoms with Crippen LogP contribution >= 0.6 is 0 Å². The molecule has 9 heteroatoms. The fourth-order valence-electron chi connectivity index (χ4n) is 7.83. The van der Waals surface area contributed by atoms with Crippen molar-refractivity contribution in [1.29, 1.82) is 0 Å². The molecule has 50 heavy (non-hydrogen) atoms. The number of aromatic nitrogens is 4. The van der Waals surface area contributed by atoms with E-state index in [-0.39, 0.29) is 34.0 Å². The molecule has 0 saturated heterocycles. The molecule has 1 unspecified atom stereocenters. The largest absolute Gasteiger partial charge is 0.477 e. The fraction of sp³-hybridized carbons (Fsp3) is 0.512. The standard InChI is InChI=1S/C41H53N5O3S/c1-26(2)35-19-20-42-36(43-35)23-34-30-16-12-18-33(22-30)50(47,48)46-40-44-38(28(4)39(45-40)49-25-32(34)24-41(5,6)7)37-27(3)13-11-17-31(37)21-29-14-9-8-10-15-29/h11-13,16-20,22,26,29,32,34H,8-10,14-15,21,23-25H2,1-7H3,(H,44,45,46)/t32-,34?/m1/s1. The molecule has 1 saturated carbocycles. The van der Waals surface area contributed by atoms with E-state index in [9.17, 15) is 8.42 Å². The Kier molecular flexibility index (Phi) is 10.6. The third-order valence-electron chi connectivity index (χ3n) is 10.4. The highest BCUT2D eigenvalue weighted by Crippen LogP contribution is 2.40. The van der Waals surface area contributed by atoms with Crippen LogP contribution in [-0.2, 0) is 22.9 Å². The molecule has 4 aromatic rings. The third-order valence-corrected chi connectivity index (χ3v) is 11.7. The monoisotopic (exact) mass is 695 g/mol. The zero-order chi connectivity index (χ0) is 35.6. The van der Waals surface area contributed by atoms with Crippen molar-refractivity contribution in [3.8, 4) is 17.1 Å². The maximum Gasteiger partial charge on any atom is 0.264 e. The molecule has 2 aromatic carbocycles. The number of nitrogens with one attached hydrogen (secondary N) is 1. The van der Waals surface area contributed by atoms with E-state index in [1.807, 2.05) is 31.3 Å². The maximum atomic E-state index is 14.1. The highest BCUT2D eigenvalue weighted by Gasteiger charge is 2.32. The van der Waals surface area contributed by atoms with Gasteiger partial charge in [0.05, 0.1) is 17.2 Å². The Hall–Kier alpha value is -3.85. The average molecular weight is 696 g/mol. The van der Waals surface area contributed by atoms with Crippen molar-refractivity contribution >= 4 is 16.0 Å². The maximum absolute atomic E-state index is 14.1. The Morgan fingerprint density at radius 2 is 1.70 bits per heavy atom. The summed E-state index contributed by atoms with van der Waals surface area (Å²) in [7, 11) is -4.03. The van der Waals surface area contributed by atoms with Crippen LogP contribution in [0, 0.1) is 31.1 Å². The van der Waals surface area contributed by atoms with E-state index in [4.69, 9.17) is 19.7 Å². The van der Waals surface area contributed by atoms with E-state index >= 15 is 0 Å². The minimum atomic E-state index is -4.03. The van der Waals surface area contributed by atoms with Gasteiger partial charge >= 0.3 is 0 Å². The van der Waals surface area contributed by atoms with Crippen molar-refractivity contribution < 1.29 is 13.2 Å². The van der Waals surface area contributed by atoms with E-state index in [0.29, 0.717) is 30.5 Å². The van der Waals surface area contributed by atoms with Crippen LogP contribution in [0.5, 0.6) is 5.88 Å². The van der Waals surface area contributed by atoms with Crippen LogP contribution in [0.4, 0.5) is 5.95 Å². The van der Waals surface area contributed by atoms with Gasteiger partial charge in [-0.2, -0.15) is 4.98 Å². The highest BCUT2D eigenvalue weighted by atomic mass is 32.2. The molecule has 8 nitrogen and oxygen atoms in total. The molecule has 2 aromatic heterocycles. The van der Waals surface area contributed by atoms with Gasteiger partial charge in [0, 0.05) is 35.4 Å². The van der Waals surface area contributed by atoms with Crippen LogP contribution in [0.3, 0.4) is 0 Å². The first-order valence-corrected chi connectivity index (χ1v) is 19.8. The lowest BCUT2D eigenvalue weighted by atomic mass is 9.75. The molecular formula is C41H53N5O3S. The van der Waals surface area contributed by atoms with Crippen molar-refractivity contribution in [2.45, 2.75) is 117 Å². The van der Waals surface area contributed by atoms with Crippen LogP contribution in [0.15, 0.2) is 59.6 Å². The average Bonchev–Trinajstić information content (AvgIpc) is 3.07. The summed E-state index contributed by atoms with van der Waals surface area (Å²) in [6.07, 6.45) is 10.5. The normalized spacial score (nSPS) is 19.6. The number of anilines is 1. The number of rotatable bonds is 7. The van der Waals surface area contributed by atoms with Gasteiger partial charge < -0.3 is 4.74 Å². The van der Waals surface area contributed by atoms with Crippen molar-refractivity contribution in [2.75, 3.05) is 11.3 Å². The molecule has 2 aliphatic rings. The summed E-state index contributed by atoms with van der Waals surface area (Å²) in [5.41, 5.74) is 6.78. The molecular weight excluding hydrogens is 643 g/mol. The van der Waals surface area contributed by atoms with E-state index < -0.39 is 10.0 Å². The Balaban J connectivity index is 1.48. The molecule has 0 amide bonds. The van der Waals surface area contributed by atoms with E-state index in [0.717, 1.165) is 46.6 Å². The summed E-state index contributed by atoms with van der Waals surface area (Å²) in [4.78, 5) is 19.4. The van der Waals surface area contributed by atoms with Gasteiger partial charge in [0.25, 0.3) is 10.0 Å². The minimum absolute atomic E-state index is 0.00763. The van der Waals surface area contributed by atoms with E-state index in [1.54, 1.807) is 12.1 Å². The van der Waals surface area contributed by atoms with Gasteiger partial charge in [-0.25, -0.2) is 28.1 Å². The molecule has 4 bridgehead atoms. The number of ether oxygens (including phenoxy) is 1. The molecule has 0 radical (unpaired) electrons. The van der Waals surface area contributed by atoms with Crippen molar-refractivity contribution in [1.82, 2.24) is 19.9 Å². The smallest absolute Gasteiger partial charge is 0.264 e. The number of aryl methyl sites for hydroxylation is 1. The zero-order valence-electron chi connectivity index (χ0n) is 30.8. The minimum Gasteiger partial charge on any atom is -0.477 e. The van der Waals surface area contributed by atoms with Gasteiger partial charge in [-0.15, -0.1) is 0 Å². The Bertz CT molecular complexity index is 1930. The Morgan fingerprint density at radius 3 is 2.44 bits per heavy atom. The second-order valence-corrected chi connectivity index (χ2v) is 17.7. The SMILES string of the molecule is Cc1cccc(CC2CCCCC2)c1-c1nc2nc(c1C)OC[C@@H](CC(C)(C)C)C(Cc1nccc(C(C)C)n1)c1cccc(c1)S(=O)(=O)N2. The summed E-state index contributed by atoms with van der Waals surface area (Å²) in [5, 5.41) is 0. The van der Waals surface area contributed by atoms with E-state index in [2.05, 4.69) is 69.4 Å². The molecule has 6 rings (SSSR count). The highest BCUT2D eigenvalue weighted by molar-refractivity contribution is 7.92. The lowest BCUT2D eigenvalue weighted by Crippen LogP contribution is -2.28. The number of sulfonamides is 1. The van der Waals surface area contributed by atoms with Crippen LogP contribution in [0.1, 0.15) is 119 Å². The second kappa shape index (κ2) is 14.8. The summed E-state index contributed by atoms with van der Waals surface area (Å²) in [5.74, 6) is 1.96. The van der Waals surface area contributed by atoms with Gasteiger partial charge in [0.1, 0.15) is 5.82 Å². The first kappa shape index (κ1) is 36.0. The molecule has 1 fully saturated rings. The van der Waals surface area contributed by atoms with Crippen LogP contribution < -0.4 is 9.46 Å². The molecule has 1 aliphatic heterocycles. The van der Waals surface area contributed by atoms with Crippen molar-refractivity contribution in [3.63, 3.8) is 0 Å². The van der Waals surface area contributed by atoms with Crippen LogP contribution in [0.25, 0.3) is 11.3 Å². The molecule has 1 N–H and O–H groups in total. The predicted octanol–water partition coefficient (Wildman–Crippen LogP) is 9.37.